The summed E-state index contributed by atoms with van der Waals surface area (Å²) >= 11 is 1.45. The van der Waals surface area contributed by atoms with Crippen LogP contribution >= 0.6 is 11.8 Å². The molecule has 2 amide bonds. The number of carbonyl (C=O) groups excluding carboxylic acids is 2. The van der Waals surface area contributed by atoms with E-state index in [1.165, 1.54) is 21.6 Å². The Labute approximate surface area is 97.6 Å². The van der Waals surface area contributed by atoms with Crippen molar-refractivity contribution in [3.63, 3.8) is 0 Å². The summed E-state index contributed by atoms with van der Waals surface area (Å²) in [6.45, 7) is 1.71. The van der Waals surface area contributed by atoms with Gasteiger partial charge < -0.3 is 14.9 Å². The lowest BCUT2D eigenvalue weighted by Gasteiger charge is -2.22. The molecule has 0 aromatic rings. The van der Waals surface area contributed by atoms with Crippen LogP contribution < -0.4 is 0 Å². The number of hydrogen-bond acceptors (Lipinski definition) is 4. The first-order chi connectivity index (χ1) is 7.54. The van der Waals surface area contributed by atoms with Crippen LogP contribution in [0.25, 0.3) is 0 Å². The van der Waals surface area contributed by atoms with Crippen molar-refractivity contribution in [1.29, 1.82) is 0 Å². The number of likely N-dealkylation sites (N-methyl/N-ethyl adjacent to an activating group) is 1. The number of hydrogen-bond donors (Lipinski definition) is 1. The predicted octanol–water partition coefficient (Wildman–Crippen LogP) is -0.548. The van der Waals surface area contributed by atoms with Crippen LogP contribution in [0.5, 0.6) is 0 Å². The molecule has 1 saturated heterocycles. The van der Waals surface area contributed by atoms with Crippen molar-refractivity contribution in [2.45, 2.75) is 6.92 Å². The molecule has 1 aliphatic heterocycles. The zero-order chi connectivity index (χ0) is 12.1. The maximum atomic E-state index is 11.7. The Kier molecular flexibility index (Phi) is 4.60. The fraction of sp³-hybridized carbons (Fsp3) is 0.667. The van der Waals surface area contributed by atoms with Crippen molar-refractivity contribution in [1.82, 2.24) is 9.80 Å². The van der Waals surface area contributed by atoms with Gasteiger partial charge in [0.15, 0.2) is 0 Å². The number of carboxylic acid groups (broad SMARTS) is 1. The van der Waals surface area contributed by atoms with Gasteiger partial charge in [0.1, 0.15) is 13.1 Å². The van der Waals surface area contributed by atoms with Gasteiger partial charge >= 0.3 is 5.97 Å². The van der Waals surface area contributed by atoms with Crippen LogP contribution in [0.3, 0.4) is 0 Å². The summed E-state index contributed by atoms with van der Waals surface area (Å²) in [7, 11) is 0. The van der Waals surface area contributed by atoms with Gasteiger partial charge in [0, 0.05) is 6.54 Å². The van der Waals surface area contributed by atoms with Gasteiger partial charge in [-0.05, 0) is 6.92 Å². The number of amides is 2. The van der Waals surface area contributed by atoms with Gasteiger partial charge in [-0.1, -0.05) is 0 Å². The van der Waals surface area contributed by atoms with E-state index in [1.54, 1.807) is 6.92 Å². The summed E-state index contributed by atoms with van der Waals surface area (Å²) in [5.74, 6) is -0.518. The number of rotatable bonds is 5. The Balaban J connectivity index is 2.48. The Hall–Kier alpha value is -1.24. The highest BCUT2D eigenvalue weighted by Crippen LogP contribution is 2.14. The average Bonchev–Trinajstić information content (AvgIpc) is 2.60. The molecule has 0 spiro atoms. The zero-order valence-electron chi connectivity index (χ0n) is 9.01. The lowest BCUT2D eigenvalue weighted by atomic mass is 10.4. The van der Waals surface area contributed by atoms with Crippen LogP contribution in [-0.4, -0.2) is 64.0 Å². The fourth-order valence-electron chi connectivity index (χ4n) is 1.34. The van der Waals surface area contributed by atoms with Gasteiger partial charge in [0.25, 0.3) is 0 Å². The molecular formula is C9H14N2O4S. The van der Waals surface area contributed by atoms with E-state index in [0.29, 0.717) is 18.2 Å². The maximum Gasteiger partial charge on any atom is 0.323 e. The molecule has 0 saturated carbocycles. The Bertz CT molecular complexity index is 308. The van der Waals surface area contributed by atoms with Gasteiger partial charge in [-0.3, -0.25) is 14.4 Å². The molecule has 1 N–H and O–H groups in total. The summed E-state index contributed by atoms with van der Waals surface area (Å²) in [4.78, 5) is 36.1. The highest BCUT2D eigenvalue weighted by Gasteiger charge is 2.25. The van der Waals surface area contributed by atoms with Gasteiger partial charge in [-0.2, -0.15) is 0 Å². The molecule has 90 valence electrons. The molecule has 16 heavy (non-hydrogen) atoms. The highest BCUT2D eigenvalue weighted by molar-refractivity contribution is 8.00. The van der Waals surface area contributed by atoms with Crippen molar-refractivity contribution in [3.8, 4) is 0 Å². The normalized spacial score (nSPS) is 15.3. The highest BCUT2D eigenvalue weighted by atomic mass is 32.2. The van der Waals surface area contributed by atoms with Crippen LogP contribution in [0.15, 0.2) is 0 Å². The Morgan fingerprint density at radius 3 is 2.69 bits per heavy atom. The quantitative estimate of drug-likeness (QED) is 0.704. The van der Waals surface area contributed by atoms with Gasteiger partial charge in [0.2, 0.25) is 11.8 Å². The molecule has 0 aliphatic carbocycles. The Morgan fingerprint density at radius 1 is 1.56 bits per heavy atom. The van der Waals surface area contributed by atoms with Crippen LogP contribution in [0.2, 0.25) is 0 Å². The molecule has 0 aromatic carbocycles. The van der Waals surface area contributed by atoms with Gasteiger partial charge in [-0.25, -0.2) is 0 Å². The van der Waals surface area contributed by atoms with Gasteiger partial charge in [0.05, 0.1) is 11.6 Å². The predicted molar refractivity (Wildman–Crippen MR) is 58.9 cm³/mol. The zero-order valence-corrected chi connectivity index (χ0v) is 9.83. The number of carboxylic acids is 1. The monoisotopic (exact) mass is 246 g/mol. The van der Waals surface area contributed by atoms with E-state index < -0.39 is 5.97 Å². The summed E-state index contributed by atoms with van der Waals surface area (Å²) < 4.78 is 0. The molecule has 6 nitrogen and oxygen atoms in total. The second-order valence-electron chi connectivity index (χ2n) is 3.37. The van der Waals surface area contributed by atoms with E-state index in [0.717, 1.165) is 0 Å². The van der Waals surface area contributed by atoms with Crippen molar-refractivity contribution >= 4 is 29.5 Å². The SMILES string of the molecule is CCN(CC(=O)O)C(=O)CN1CSCC1=O. The van der Waals surface area contributed by atoms with E-state index in [9.17, 15) is 14.4 Å². The number of thioether (sulfide) groups is 1. The molecule has 0 radical (unpaired) electrons. The molecule has 0 aromatic heterocycles. The van der Waals surface area contributed by atoms with Crippen molar-refractivity contribution < 1.29 is 19.5 Å². The van der Waals surface area contributed by atoms with Gasteiger partial charge in [-0.15, -0.1) is 11.8 Å². The molecule has 0 bridgehead atoms. The van der Waals surface area contributed by atoms with E-state index in [1.807, 2.05) is 0 Å². The van der Waals surface area contributed by atoms with Crippen LogP contribution in [-0.2, 0) is 14.4 Å². The molecule has 1 aliphatic rings. The van der Waals surface area contributed by atoms with Crippen LogP contribution in [0.1, 0.15) is 6.92 Å². The van der Waals surface area contributed by atoms with Crippen molar-refractivity contribution in [2.24, 2.45) is 0 Å². The average molecular weight is 246 g/mol. The third-order valence-electron chi connectivity index (χ3n) is 2.21. The smallest absolute Gasteiger partial charge is 0.323 e. The number of nitrogens with zero attached hydrogens (tertiary/aromatic N) is 2. The largest absolute Gasteiger partial charge is 0.480 e. The minimum Gasteiger partial charge on any atom is -0.480 e. The molecule has 1 heterocycles. The molecule has 1 fully saturated rings. The summed E-state index contributed by atoms with van der Waals surface area (Å²) in [5, 5.41) is 8.60. The van der Waals surface area contributed by atoms with E-state index in [2.05, 4.69) is 0 Å². The first kappa shape index (κ1) is 12.8. The topological polar surface area (TPSA) is 77.9 Å². The molecule has 0 unspecified atom stereocenters. The maximum absolute atomic E-state index is 11.7. The third-order valence-corrected chi connectivity index (χ3v) is 3.16. The first-order valence-electron chi connectivity index (χ1n) is 4.89. The standard InChI is InChI=1S/C9H14N2O4S/c1-2-10(4-9(14)15)7(12)3-11-6-16-5-8(11)13/h2-6H2,1H3,(H,14,15). The van der Waals surface area contributed by atoms with Crippen molar-refractivity contribution in [2.75, 3.05) is 31.3 Å². The Morgan fingerprint density at radius 2 is 2.25 bits per heavy atom. The fourth-order valence-corrected chi connectivity index (χ4v) is 2.25. The summed E-state index contributed by atoms with van der Waals surface area (Å²) in [6.07, 6.45) is 0. The lowest BCUT2D eigenvalue weighted by Crippen LogP contribution is -2.43. The summed E-state index contributed by atoms with van der Waals surface area (Å²) in [6, 6.07) is 0. The molecule has 0 atom stereocenters. The second kappa shape index (κ2) is 5.74. The first-order valence-corrected chi connectivity index (χ1v) is 6.05. The van der Waals surface area contributed by atoms with Crippen molar-refractivity contribution in [3.05, 3.63) is 0 Å². The molecule has 7 heteroatoms. The summed E-state index contributed by atoms with van der Waals surface area (Å²) in [5.41, 5.74) is 0. The van der Waals surface area contributed by atoms with Crippen LogP contribution in [0.4, 0.5) is 0 Å². The molecular weight excluding hydrogens is 232 g/mol. The molecule has 1 rings (SSSR count). The third kappa shape index (κ3) is 3.41. The lowest BCUT2D eigenvalue weighted by molar-refractivity contribution is -0.145. The van der Waals surface area contributed by atoms with E-state index >= 15 is 0 Å². The van der Waals surface area contributed by atoms with E-state index in [4.69, 9.17) is 5.11 Å². The number of aliphatic carboxylic acids is 1. The number of carbonyl (C=O) groups is 3. The minimum atomic E-state index is -1.04. The van der Waals surface area contributed by atoms with E-state index in [-0.39, 0.29) is 24.9 Å². The minimum absolute atomic E-state index is 0.0209. The van der Waals surface area contributed by atoms with Crippen LogP contribution in [0, 0.1) is 0 Å². The second-order valence-corrected chi connectivity index (χ2v) is 4.33.